The van der Waals surface area contributed by atoms with Gasteiger partial charge in [-0.1, -0.05) is 29.8 Å². The first-order valence-corrected chi connectivity index (χ1v) is 9.72. The van der Waals surface area contributed by atoms with Gasteiger partial charge in [-0.2, -0.15) is 0 Å². The van der Waals surface area contributed by atoms with E-state index in [1.54, 1.807) is 30.3 Å². The molecule has 28 heavy (non-hydrogen) atoms. The summed E-state index contributed by atoms with van der Waals surface area (Å²) in [5, 5.41) is 3.32. The lowest BCUT2D eigenvalue weighted by Crippen LogP contribution is -2.47. The van der Waals surface area contributed by atoms with Gasteiger partial charge in [-0.3, -0.25) is 9.69 Å². The summed E-state index contributed by atoms with van der Waals surface area (Å²) in [6.07, 6.45) is -0.118. The summed E-state index contributed by atoms with van der Waals surface area (Å²) in [6, 6.07) is 11.6. The van der Waals surface area contributed by atoms with E-state index in [1.165, 1.54) is 12.1 Å². The normalized spacial score (nSPS) is 17.3. The maximum Gasteiger partial charge on any atom is 0.255 e. The largest absolute Gasteiger partial charge is 0.491 e. The summed E-state index contributed by atoms with van der Waals surface area (Å²) in [6.45, 7) is 5.44. The van der Waals surface area contributed by atoms with Crippen molar-refractivity contribution in [1.29, 1.82) is 0 Å². The molecule has 1 fully saturated rings. The Balaban J connectivity index is 1.55. The first-order chi connectivity index (χ1) is 13.6. The first-order valence-electron chi connectivity index (χ1n) is 9.34. The molecule has 0 radical (unpaired) electrons. The van der Waals surface area contributed by atoms with Crippen LogP contribution in [0.25, 0.3) is 0 Å². The molecule has 5 nitrogen and oxygen atoms in total. The molecule has 150 valence electrons. The molecule has 2 aromatic rings. The number of benzene rings is 2. The highest BCUT2D eigenvalue weighted by atomic mass is 35.5. The van der Waals surface area contributed by atoms with Gasteiger partial charge in [0.05, 0.1) is 29.9 Å². The van der Waals surface area contributed by atoms with Crippen molar-refractivity contribution in [2.24, 2.45) is 0 Å². The van der Waals surface area contributed by atoms with Gasteiger partial charge < -0.3 is 14.8 Å². The lowest BCUT2D eigenvalue weighted by atomic mass is 10.1. The summed E-state index contributed by atoms with van der Waals surface area (Å²) in [5.41, 5.74) is 1.46. The quantitative estimate of drug-likeness (QED) is 0.764. The molecule has 0 spiro atoms. The number of nitrogens with zero attached hydrogens (tertiary/aromatic N) is 1. The van der Waals surface area contributed by atoms with Gasteiger partial charge >= 0.3 is 0 Å². The molecule has 0 aliphatic carbocycles. The van der Waals surface area contributed by atoms with Gasteiger partial charge in [0, 0.05) is 26.2 Å². The molecular weight excluding hydrogens is 383 g/mol. The number of amides is 1. The zero-order valence-electron chi connectivity index (χ0n) is 15.8. The van der Waals surface area contributed by atoms with E-state index in [1.807, 2.05) is 6.92 Å². The molecule has 1 heterocycles. The molecule has 1 N–H and O–H groups in total. The van der Waals surface area contributed by atoms with E-state index >= 15 is 0 Å². The molecular formula is C21H24ClFN2O3. The predicted molar refractivity (Wildman–Crippen MR) is 106 cm³/mol. The third kappa shape index (κ3) is 5.44. The Labute approximate surface area is 169 Å². The van der Waals surface area contributed by atoms with Crippen molar-refractivity contribution in [2.45, 2.75) is 19.6 Å². The predicted octanol–water partition coefficient (Wildman–Crippen LogP) is 3.51. The van der Waals surface area contributed by atoms with Crippen LogP contribution in [0.2, 0.25) is 5.02 Å². The van der Waals surface area contributed by atoms with E-state index in [0.29, 0.717) is 42.6 Å². The Morgan fingerprint density at radius 3 is 2.86 bits per heavy atom. The Morgan fingerprint density at radius 1 is 1.32 bits per heavy atom. The van der Waals surface area contributed by atoms with E-state index < -0.39 is 0 Å². The minimum atomic E-state index is -0.245. The monoisotopic (exact) mass is 406 g/mol. The SMILES string of the molecule is CCOc1c(Cl)cccc1C(=O)NCC1CN(Cc2ccc(F)cc2)CCO1. The zero-order valence-corrected chi connectivity index (χ0v) is 16.5. The first kappa shape index (κ1) is 20.6. The van der Waals surface area contributed by atoms with Crippen LogP contribution in [0.3, 0.4) is 0 Å². The van der Waals surface area contributed by atoms with Crippen LogP contribution in [-0.2, 0) is 11.3 Å². The van der Waals surface area contributed by atoms with Gasteiger partial charge in [0.15, 0.2) is 5.75 Å². The Morgan fingerprint density at radius 2 is 2.11 bits per heavy atom. The van der Waals surface area contributed by atoms with Crippen molar-refractivity contribution in [1.82, 2.24) is 10.2 Å². The lowest BCUT2D eigenvalue weighted by Gasteiger charge is -2.33. The van der Waals surface area contributed by atoms with Crippen molar-refractivity contribution in [3.05, 3.63) is 64.4 Å². The number of ether oxygens (including phenoxy) is 2. The van der Waals surface area contributed by atoms with Crippen molar-refractivity contribution in [3.63, 3.8) is 0 Å². The molecule has 7 heteroatoms. The Hall–Kier alpha value is -2.15. The molecule has 1 aliphatic rings. The van der Waals surface area contributed by atoms with Crippen molar-refractivity contribution in [3.8, 4) is 5.75 Å². The summed E-state index contributed by atoms with van der Waals surface area (Å²) in [5.74, 6) is -0.0874. The van der Waals surface area contributed by atoms with E-state index in [0.717, 1.165) is 18.7 Å². The molecule has 3 rings (SSSR count). The molecule has 1 amide bonds. The van der Waals surface area contributed by atoms with E-state index in [9.17, 15) is 9.18 Å². The molecule has 0 bridgehead atoms. The van der Waals surface area contributed by atoms with Gasteiger partial charge in [-0.15, -0.1) is 0 Å². The molecule has 1 aliphatic heterocycles. The summed E-state index contributed by atoms with van der Waals surface area (Å²) in [4.78, 5) is 14.8. The minimum absolute atomic E-state index is 0.118. The van der Waals surface area contributed by atoms with Gasteiger partial charge in [-0.25, -0.2) is 4.39 Å². The minimum Gasteiger partial charge on any atom is -0.491 e. The van der Waals surface area contributed by atoms with Crippen LogP contribution in [0.4, 0.5) is 4.39 Å². The number of para-hydroxylation sites is 1. The second-order valence-corrected chi connectivity index (χ2v) is 7.02. The van der Waals surface area contributed by atoms with Crippen molar-refractivity contribution >= 4 is 17.5 Å². The number of hydrogen-bond acceptors (Lipinski definition) is 4. The number of carbonyl (C=O) groups excluding carboxylic acids is 1. The number of hydrogen-bond donors (Lipinski definition) is 1. The highest BCUT2D eigenvalue weighted by Crippen LogP contribution is 2.28. The average molecular weight is 407 g/mol. The van der Waals surface area contributed by atoms with Gasteiger partial charge in [0.25, 0.3) is 5.91 Å². The summed E-state index contributed by atoms with van der Waals surface area (Å²) >= 11 is 6.15. The van der Waals surface area contributed by atoms with Crippen molar-refractivity contribution < 1.29 is 18.7 Å². The van der Waals surface area contributed by atoms with Gasteiger partial charge in [0.2, 0.25) is 0 Å². The average Bonchev–Trinajstić information content (AvgIpc) is 2.70. The fourth-order valence-corrected chi connectivity index (χ4v) is 3.41. The molecule has 0 aromatic heterocycles. The van der Waals surface area contributed by atoms with E-state index in [4.69, 9.17) is 21.1 Å². The Kier molecular flexibility index (Phi) is 7.25. The van der Waals surface area contributed by atoms with E-state index in [2.05, 4.69) is 10.2 Å². The van der Waals surface area contributed by atoms with Crippen molar-refractivity contribution in [2.75, 3.05) is 32.8 Å². The highest BCUT2D eigenvalue weighted by Gasteiger charge is 2.22. The molecule has 1 atom stereocenters. The molecule has 1 unspecified atom stereocenters. The van der Waals surface area contributed by atoms with Crippen LogP contribution in [0.5, 0.6) is 5.75 Å². The summed E-state index contributed by atoms with van der Waals surface area (Å²) < 4.78 is 24.3. The molecule has 0 saturated carbocycles. The third-order valence-corrected chi connectivity index (χ3v) is 4.83. The van der Waals surface area contributed by atoms with Crippen LogP contribution in [-0.4, -0.2) is 49.8 Å². The second kappa shape index (κ2) is 9.87. The fraction of sp³-hybridized carbons (Fsp3) is 0.381. The second-order valence-electron chi connectivity index (χ2n) is 6.61. The maximum atomic E-state index is 13.1. The number of halogens is 2. The van der Waals surface area contributed by atoms with Crippen LogP contribution in [0.1, 0.15) is 22.8 Å². The fourth-order valence-electron chi connectivity index (χ4n) is 3.18. The van der Waals surface area contributed by atoms with Gasteiger partial charge in [0.1, 0.15) is 5.82 Å². The third-order valence-electron chi connectivity index (χ3n) is 4.53. The van der Waals surface area contributed by atoms with E-state index in [-0.39, 0.29) is 17.8 Å². The van der Waals surface area contributed by atoms with Crippen LogP contribution in [0, 0.1) is 5.82 Å². The maximum absolute atomic E-state index is 13.1. The van der Waals surface area contributed by atoms with Crippen LogP contribution in [0.15, 0.2) is 42.5 Å². The highest BCUT2D eigenvalue weighted by molar-refractivity contribution is 6.32. The smallest absolute Gasteiger partial charge is 0.255 e. The molecule has 1 saturated heterocycles. The zero-order chi connectivity index (χ0) is 19.9. The van der Waals surface area contributed by atoms with Gasteiger partial charge in [-0.05, 0) is 36.8 Å². The number of morpholine rings is 1. The number of nitrogens with one attached hydrogen (secondary N) is 1. The topological polar surface area (TPSA) is 50.8 Å². The Bertz CT molecular complexity index is 801. The number of rotatable bonds is 7. The van der Waals surface area contributed by atoms with Crippen LogP contribution < -0.4 is 10.1 Å². The lowest BCUT2D eigenvalue weighted by molar-refractivity contribution is -0.0292. The standard InChI is InChI=1S/C21H24ClFN2O3/c1-2-27-20-18(4-3-5-19(20)22)21(26)24-12-17-14-25(10-11-28-17)13-15-6-8-16(23)9-7-15/h3-9,17H,2,10-14H2,1H3,(H,24,26). The summed E-state index contributed by atoms with van der Waals surface area (Å²) in [7, 11) is 0. The van der Waals surface area contributed by atoms with Crippen LogP contribution >= 0.6 is 11.6 Å². The molecule has 2 aromatic carbocycles. The number of carbonyl (C=O) groups is 1.